The fourth-order valence-corrected chi connectivity index (χ4v) is 3.82. The molecule has 1 aliphatic carbocycles. The molecule has 0 unspecified atom stereocenters. The number of aromatic nitrogens is 1. The van der Waals surface area contributed by atoms with Crippen molar-refractivity contribution < 1.29 is 17.4 Å². The summed E-state index contributed by atoms with van der Waals surface area (Å²) in [5, 5.41) is 0. The fraction of sp³-hybridized carbons (Fsp3) is 0.222. The average molecular weight is 422 g/mol. The van der Waals surface area contributed by atoms with E-state index in [9.17, 15) is 13.2 Å². The number of aryl methyl sites for hydroxylation is 1. The van der Waals surface area contributed by atoms with Gasteiger partial charge in [-0.3, -0.25) is 4.79 Å². The topological polar surface area (TPSA) is 73.3 Å². The first-order valence-corrected chi connectivity index (χ1v) is 9.96. The number of allylic oxidation sites excluding steroid dienone is 2. The molecule has 7 heteroatoms. The zero-order valence-corrected chi connectivity index (χ0v) is 15.9. The van der Waals surface area contributed by atoms with Crippen molar-refractivity contribution >= 4 is 37.4 Å². The minimum absolute atomic E-state index is 0.0218. The van der Waals surface area contributed by atoms with Crippen LogP contribution in [0, 0.1) is 6.92 Å². The lowest BCUT2D eigenvalue weighted by Gasteiger charge is -2.16. The van der Waals surface area contributed by atoms with Gasteiger partial charge in [0.25, 0.3) is 0 Å². The number of halogens is 1. The minimum Gasteiger partial charge on any atom is -0.358 e. The molecule has 25 heavy (non-hydrogen) atoms. The average Bonchev–Trinajstić information content (AvgIpc) is 2.57. The molecule has 0 N–H and O–H groups in total. The molecule has 130 valence electrons. The Morgan fingerprint density at radius 1 is 1.16 bits per heavy atom. The van der Waals surface area contributed by atoms with Crippen molar-refractivity contribution in [1.82, 2.24) is 4.98 Å². The molecule has 0 spiro atoms. The van der Waals surface area contributed by atoms with Gasteiger partial charge in [-0.2, -0.15) is 8.42 Å². The second-order valence-electron chi connectivity index (χ2n) is 5.85. The number of carbonyl (C=O) groups is 1. The van der Waals surface area contributed by atoms with Crippen LogP contribution in [0.3, 0.4) is 0 Å². The summed E-state index contributed by atoms with van der Waals surface area (Å²) in [5.74, 6) is -0.00158. The quantitative estimate of drug-likeness (QED) is 0.695. The summed E-state index contributed by atoms with van der Waals surface area (Å²) >= 11 is 3.33. The molecule has 0 fully saturated rings. The summed E-state index contributed by atoms with van der Waals surface area (Å²) < 4.78 is 31.0. The third-order valence-corrected chi connectivity index (χ3v) is 5.53. The van der Waals surface area contributed by atoms with Crippen LogP contribution < -0.4 is 4.18 Å². The number of pyridine rings is 1. The summed E-state index contributed by atoms with van der Waals surface area (Å²) in [6.45, 7) is 1.87. The van der Waals surface area contributed by atoms with E-state index in [2.05, 4.69) is 20.9 Å². The first-order valence-electron chi connectivity index (χ1n) is 7.76. The second-order valence-corrected chi connectivity index (χ2v) is 8.31. The van der Waals surface area contributed by atoms with Crippen molar-refractivity contribution in [1.29, 1.82) is 0 Å². The lowest BCUT2D eigenvalue weighted by molar-refractivity contribution is -0.114. The van der Waals surface area contributed by atoms with Crippen LogP contribution in [0.4, 0.5) is 0 Å². The standard InChI is InChI=1S/C18H16BrNO4S/c1-12-5-7-16(8-6-12)25(22,23)24-18-17(10-14(19)11-20-18)13-3-2-4-15(21)9-13/h5-11H,2-4H2,1H3. The molecule has 1 aromatic heterocycles. The van der Waals surface area contributed by atoms with Crippen LogP contribution in [0.5, 0.6) is 5.88 Å². The van der Waals surface area contributed by atoms with E-state index < -0.39 is 10.1 Å². The van der Waals surface area contributed by atoms with E-state index in [0.717, 1.165) is 17.6 Å². The molecule has 0 atom stereocenters. The maximum absolute atomic E-state index is 12.5. The Morgan fingerprint density at radius 3 is 2.56 bits per heavy atom. The van der Waals surface area contributed by atoms with Crippen molar-refractivity contribution in [2.24, 2.45) is 0 Å². The van der Waals surface area contributed by atoms with Gasteiger partial charge in [-0.25, -0.2) is 4.98 Å². The Balaban J connectivity index is 2.00. The van der Waals surface area contributed by atoms with Crippen LogP contribution in [-0.2, 0) is 14.9 Å². The first-order chi connectivity index (χ1) is 11.8. The molecule has 0 radical (unpaired) electrons. The minimum atomic E-state index is -4.01. The van der Waals surface area contributed by atoms with Crippen molar-refractivity contribution in [3.8, 4) is 5.88 Å². The van der Waals surface area contributed by atoms with Crippen molar-refractivity contribution in [2.75, 3.05) is 0 Å². The number of rotatable bonds is 4. The maximum Gasteiger partial charge on any atom is 0.340 e. The smallest absolute Gasteiger partial charge is 0.340 e. The maximum atomic E-state index is 12.5. The van der Waals surface area contributed by atoms with Crippen LogP contribution in [0.25, 0.3) is 5.57 Å². The molecule has 1 heterocycles. The first kappa shape index (κ1) is 17.8. The number of nitrogens with zero attached hydrogens (tertiary/aromatic N) is 1. The van der Waals surface area contributed by atoms with Crippen LogP contribution >= 0.6 is 15.9 Å². The second kappa shape index (κ2) is 7.09. The summed E-state index contributed by atoms with van der Waals surface area (Å²) in [4.78, 5) is 15.9. The van der Waals surface area contributed by atoms with Gasteiger partial charge < -0.3 is 4.18 Å². The van der Waals surface area contributed by atoms with Gasteiger partial charge in [-0.05, 0) is 65.5 Å². The zero-order chi connectivity index (χ0) is 18.0. The highest BCUT2D eigenvalue weighted by atomic mass is 79.9. The molecule has 3 rings (SSSR count). The molecule has 0 aliphatic heterocycles. The summed E-state index contributed by atoms with van der Waals surface area (Å²) in [6, 6.07) is 8.11. The zero-order valence-electron chi connectivity index (χ0n) is 13.5. The van der Waals surface area contributed by atoms with E-state index in [1.54, 1.807) is 18.2 Å². The van der Waals surface area contributed by atoms with E-state index in [1.807, 2.05) is 6.92 Å². The number of ketones is 1. The van der Waals surface area contributed by atoms with Gasteiger partial charge in [-0.1, -0.05) is 17.7 Å². The van der Waals surface area contributed by atoms with Gasteiger partial charge >= 0.3 is 10.1 Å². The molecule has 1 aromatic carbocycles. The molecule has 0 saturated carbocycles. The van der Waals surface area contributed by atoms with Crippen molar-refractivity contribution in [3.63, 3.8) is 0 Å². The number of carbonyl (C=O) groups excluding carboxylic acids is 1. The lowest BCUT2D eigenvalue weighted by Crippen LogP contribution is -2.13. The molecular weight excluding hydrogens is 406 g/mol. The number of hydrogen-bond acceptors (Lipinski definition) is 5. The predicted molar refractivity (Wildman–Crippen MR) is 97.8 cm³/mol. The highest BCUT2D eigenvalue weighted by Gasteiger charge is 2.22. The van der Waals surface area contributed by atoms with Gasteiger partial charge in [0, 0.05) is 22.7 Å². The summed E-state index contributed by atoms with van der Waals surface area (Å²) in [6.07, 6.45) is 4.90. The Morgan fingerprint density at radius 2 is 1.88 bits per heavy atom. The van der Waals surface area contributed by atoms with Crippen LogP contribution in [-0.4, -0.2) is 19.2 Å². The number of hydrogen-bond donors (Lipinski definition) is 0. The predicted octanol–water partition coefficient (Wildman–Crippen LogP) is 4.06. The van der Waals surface area contributed by atoms with Gasteiger partial charge in [0.1, 0.15) is 4.90 Å². The Kier molecular flexibility index (Phi) is 5.06. The van der Waals surface area contributed by atoms with Crippen molar-refractivity contribution in [2.45, 2.75) is 31.1 Å². The van der Waals surface area contributed by atoms with Gasteiger partial charge in [0.05, 0.1) is 0 Å². The van der Waals surface area contributed by atoms with E-state index >= 15 is 0 Å². The third-order valence-electron chi connectivity index (χ3n) is 3.87. The van der Waals surface area contributed by atoms with Gasteiger partial charge in [-0.15, -0.1) is 0 Å². The SMILES string of the molecule is Cc1ccc(S(=O)(=O)Oc2ncc(Br)cc2C2=CC(=O)CCC2)cc1. The van der Waals surface area contributed by atoms with Crippen LogP contribution in [0.15, 0.2) is 52.0 Å². The van der Waals surface area contributed by atoms with Crippen LogP contribution in [0.1, 0.15) is 30.4 Å². The molecule has 0 bridgehead atoms. The lowest BCUT2D eigenvalue weighted by atomic mass is 9.94. The molecule has 2 aromatic rings. The Labute approximate surface area is 155 Å². The number of benzene rings is 1. The highest BCUT2D eigenvalue weighted by Crippen LogP contribution is 2.34. The van der Waals surface area contributed by atoms with E-state index in [0.29, 0.717) is 22.9 Å². The van der Waals surface area contributed by atoms with Gasteiger partial charge in [0.15, 0.2) is 5.78 Å². The molecular formula is C18H16BrNO4S. The molecule has 0 amide bonds. The van der Waals surface area contributed by atoms with Crippen molar-refractivity contribution in [3.05, 3.63) is 58.2 Å². The highest BCUT2D eigenvalue weighted by molar-refractivity contribution is 9.10. The summed E-state index contributed by atoms with van der Waals surface area (Å²) in [7, 11) is -4.01. The fourth-order valence-electron chi connectivity index (χ4n) is 2.58. The normalized spacial score (nSPS) is 15.0. The Hall–Kier alpha value is -1.99. The van der Waals surface area contributed by atoms with E-state index in [-0.39, 0.29) is 16.6 Å². The Bertz CT molecular complexity index is 950. The largest absolute Gasteiger partial charge is 0.358 e. The van der Waals surface area contributed by atoms with E-state index in [4.69, 9.17) is 4.18 Å². The van der Waals surface area contributed by atoms with Crippen LogP contribution in [0.2, 0.25) is 0 Å². The summed E-state index contributed by atoms with van der Waals surface area (Å²) in [5.41, 5.74) is 2.20. The molecule has 0 saturated heterocycles. The third kappa shape index (κ3) is 4.16. The van der Waals surface area contributed by atoms with Gasteiger partial charge in [0.2, 0.25) is 5.88 Å². The molecule has 1 aliphatic rings. The molecule has 5 nitrogen and oxygen atoms in total. The monoisotopic (exact) mass is 421 g/mol. The van der Waals surface area contributed by atoms with E-state index in [1.165, 1.54) is 24.4 Å².